The first-order valence-electron chi connectivity index (χ1n) is 12.0. The molecule has 172 valence electrons. The first-order chi connectivity index (χ1) is 15.0. The predicted octanol–water partition coefficient (Wildman–Crippen LogP) is 4.48. The molecule has 6 heteroatoms. The number of hydrogen-bond acceptors (Lipinski definition) is 4. The average Bonchev–Trinajstić information content (AvgIpc) is 2.81. The van der Waals surface area contributed by atoms with Gasteiger partial charge >= 0.3 is 0 Å². The van der Waals surface area contributed by atoms with Gasteiger partial charge in [0, 0.05) is 18.5 Å². The Bertz CT molecular complexity index is 695. The number of thiocarbonyl (C=S) groups is 1. The lowest BCUT2D eigenvalue weighted by molar-refractivity contribution is -0.126. The molecule has 31 heavy (non-hydrogen) atoms. The van der Waals surface area contributed by atoms with Gasteiger partial charge < -0.3 is 21.1 Å². The molecular formula is C25H39N3O2S. The standard InChI is InChI=1S/C25H39N3O2S/c1-30-22-14-7-19(8-15-22)17-27-25(31)23(16-9-18-5-3-2-4-6-18)28-24(29)20-10-12-21(26)13-11-20/h7-8,14-15,18,20-21,23H,2-6,9-13,16-17,26H2,1H3,(H,27,31)(H,28,29)/t20?,21?,23-/m1/s1. The van der Waals surface area contributed by atoms with E-state index in [0.29, 0.717) is 6.54 Å². The van der Waals surface area contributed by atoms with E-state index in [1.54, 1.807) is 7.11 Å². The molecule has 1 aromatic rings. The number of amides is 1. The van der Waals surface area contributed by atoms with Crippen LogP contribution >= 0.6 is 12.2 Å². The first kappa shape index (κ1) is 24.0. The van der Waals surface area contributed by atoms with Crippen LogP contribution in [-0.2, 0) is 11.3 Å². The molecule has 1 amide bonds. The van der Waals surface area contributed by atoms with Crippen molar-refractivity contribution in [1.82, 2.24) is 10.6 Å². The molecule has 0 aromatic heterocycles. The smallest absolute Gasteiger partial charge is 0.223 e. The number of carbonyl (C=O) groups excluding carboxylic acids is 1. The number of rotatable bonds is 9. The molecule has 0 radical (unpaired) electrons. The molecular weight excluding hydrogens is 406 g/mol. The number of ether oxygens (including phenoxy) is 1. The van der Waals surface area contributed by atoms with Gasteiger partial charge in [0.15, 0.2) is 0 Å². The Balaban J connectivity index is 1.56. The minimum absolute atomic E-state index is 0.0707. The van der Waals surface area contributed by atoms with Crippen molar-refractivity contribution in [2.24, 2.45) is 17.6 Å². The number of nitrogens with two attached hydrogens (primary N) is 1. The second kappa shape index (κ2) is 12.4. The van der Waals surface area contributed by atoms with E-state index in [1.165, 1.54) is 32.1 Å². The summed E-state index contributed by atoms with van der Waals surface area (Å²) in [5.41, 5.74) is 7.16. The topological polar surface area (TPSA) is 76.4 Å². The maximum atomic E-state index is 13.0. The van der Waals surface area contributed by atoms with Gasteiger partial charge in [-0.1, -0.05) is 56.5 Å². The van der Waals surface area contributed by atoms with Crippen LogP contribution in [0.2, 0.25) is 0 Å². The summed E-state index contributed by atoms with van der Waals surface area (Å²) in [5, 5.41) is 6.69. The molecule has 1 atom stereocenters. The van der Waals surface area contributed by atoms with E-state index >= 15 is 0 Å². The lowest BCUT2D eigenvalue weighted by Gasteiger charge is -2.29. The highest BCUT2D eigenvalue weighted by molar-refractivity contribution is 7.80. The van der Waals surface area contributed by atoms with E-state index in [1.807, 2.05) is 24.3 Å². The zero-order valence-corrected chi connectivity index (χ0v) is 19.7. The minimum Gasteiger partial charge on any atom is -0.497 e. The van der Waals surface area contributed by atoms with Crippen molar-refractivity contribution in [3.8, 4) is 5.75 Å². The van der Waals surface area contributed by atoms with Crippen molar-refractivity contribution < 1.29 is 9.53 Å². The lowest BCUT2D eigenvalue weighted by Crippen LogP contribution is -2.48. The Hall–Kier alpha value is -1.66. The lowest BCUT2D eigenvalue weighted by atomic mass is 9.84. The highest BCUT2D eigenvalue weighted by Crippen LogP contribution is 2.28. The Kier molecular flexibility index (Phi) is 9.59. The molecule has 0 aliphatic heterocycles. The summed E-state index contributed by atoms with van der Waals surface area (Å²) in [6.45, 7) is 0.650. The van der Waals surface area contributed by atoms with E-state index in [4.69, 9.17) is 22.7 Å². The van der Waals surface area contributed by atoms with Crippen LogP contribution < -0.4 is 21.1 Å². The van der Waals surface area contributed by atoms with Crippen LogP contribution in [0.4, 0.5) is 0 Å². The van der Waals surface area contributed by atoms with Crippen LogP contribution in [0.5, 0.6) is 5.75 Å². The summed E-state index contributed by atoms with van der Waals surface area (Å²) >= 11 is 5.76. The second-order valence-corrected chi connectivity index (χ2v) is 9.76. The fourth-order valence-electron chi connectivity index (χ4n) is 4.87. The highest BCUT2D eigenvalue weighted by Gasteiger charge is 2.28. The molecule has 0 spiro atoms. The van der Waals surface area contributed by atoms with Crippen LogP contribution in [-0.4, -0.2) is 30.1 Å². The third-order valence-corrected chi connectivity index (χ3v) is 7.42. The van der Waals surface area contributed by atoms with Gasteiger partial charge in [0.05, 0.1) is 18.1 Å². The van der Waals surface area contributed by atoms with Gasteiger partial charge in [0.25, 0.3) is 0 Å². The van der Waals surface area contributed by atoms with Crippen molar-refractivity contribution in [2.45, 2.75) is 89.3 Å². The molecule has 2 saturated carbocycles. The molecule has 0 bridgehead atoms. The molecule has 2 aliphatic rings. The van der Waals surface area contributed by atoms with Crippen molar-refractivity contribution in [3.63, 3.8) is 0 Å². The third kappa shape index (κ3) is 7.76. The minimum atomic E-state index is -0.0988. The number of benzene rings is 1. The molecule has 0 unspecified atom stereocenters. The molecule has 3 rings (SSSR count). The monoisotopic (exact) mass is 445 g/mol. The molecule has 1 aromatic carbocycles. The maximum Gasteiger partial charge on any atom is 0.223 e. The quantitative estimate of drug-likeness (QED) is 0.489. The average molecular weight is 446 g/mol. The normalized spacial score (nSPS) is 23.0. The molecule has 0 saturated heterocycles. The molecule has 4 N–H and O–H groups in total. The van der Waals surface area contributed by atoms with E-state index in [2.05, 4.69) is 10.6 Å². The van der Waals surface area contributed by atoms with E-state index in [-0.39, 0.29) is 23.9 Å². The number of hydrogen-bond donors (Lipinski definition) is 3. The van der Waals surface area contributed by atoms with Crippen LogP contribution in [0.3, 0.4) is 0 Å². The highest BCUT2D eigenvalue weighted by atomic mass is 32.1. The SMILES string of the molecule is COc1ccc(CNC(=S)[C@@H](CCC2CCCCC2)NC(=O)C2CCC(N)CC2)cc1. The van der Waals surface area contributed by atoms with Gasteiger partial charge in [0.1, 0.15) is 5.75 Å². The molecule has 0 heterocycles. The Morgan fingerprint density at radius 3 is 2.42 bits per heavy atom. The van der Waals surface area contributed by atoms with Gasteiger partial charge in [-0.15, -0.1) is 0 Å². The zero-order valence-electron chi connectivity index (χ0n) is 18.9. The summed E-state index contributed by atoms with van der Waals surface area (Å²) in [5.74, 6) is 1.83. The van der Waals surface area contributed by atoms with Gasteiger partial charge in [-0.25, -0.2) is 0 Å². The summed E-state index contributed by atoms with van der Waals surface area (Å²) in [4.78, 5) is 13.7. The van der Waals surface area contributed by atoms with Gasteiger partial charge in [-0.05, 0) is 62.1 Å². The fourth-order valence-corrected chi connectivity index (χ4v) is 5.12. The van der Waals surface area contributed by atoms with Gasteiger partial charge in [0.2, 0.25) is 5.91 Å². The van der Waals surface area contributed by atoms with Crippen LogP contribution in [0.1, 0.15) is 76.2 Å². The van der Waals surface area contributed by atoms with E-state index < -0.39 is 0 Å². The van der Waals surface area contributed by atoms with Crippen molar-refractivity contribution in [3.05, 3.63) is 29.8 Å². The van der Waals surface area contributed by atoms with Crippen molar-refractivity contribution >= 4 is 23.1 Å². The largest absolute Gasteiger partial charge is 0.497 e. The van der Waals surface area contributed by atoms with Crippen molar-refractivity contribution in [2.75, 3.05) is 7.11 Å². The number of methoxy groups -OCH3 is 1. The van der Waals surface area contributed by atoms with Crippen LogP contribution in [0.15, 0.2) is 24.3 Å². The summed E-state index contributed by atoms with van der Waals surface area (Å²) in [7, 11) is 1.67. The fraction of sp³-hybridized carbons (Fsp3) is 0.680. The van der Waals surface area contributed by atoms with E-state index in [9.17, 15) is 4.79 Å². The first-order valence-corrected chi connectivity index (χ1v) is 12.4. The van der Waals surface area contributed by atoms with Crippen LogP contribution in [0, 0.1) is 11.8 Å². The Labute approximate surface area is 192 Å². The van der Waals surface area contributed by atoms with Gasteiger partial charge in [-0.2, -0.15) is 0 Å². The van der Waals surface area contributed by atoms with Gasteiger partial charge in [-0.3, -0.25) is 4.79 Å². The van der Waals surface area contributed by atoms with Crippen molar-refractivity contribution in [1.29, 1.82) is 0 Å². The summed E-state index contributed by atoms with van der Waals surface area (Å²) in [6.07, 6.45) is 12.3. The maximum absolute atomic E-state index is 13.0. The summed E-state index contributed by atoms with van der Waals surface area (Å²) in [6, 6.07) is 8.13. The summed E-state index contributed by atoms with van der Waals surface area (Å²) < 4.78 is 5.23. The number of nitrogens with one attached hydrogen (secondary N) is 2. The Morgan fingerprint density at radius 1 is 1.10 bits per heavy atom. The van der Waals surface area contributed by atoms with E-state index in [0.717, 1.165) is 60.7 Å². The second-order valence-electron chi connectivity index (χ2n) is 9.32. The Morgan fingerprint density at radius 2 is 1.77 bits per heavy atom. The molecule has 2 fully saturated rings. The molecule has 5 nitrogen and oxygen atoms in total. The van der Waals surface area contributed by atoms with Crippen LogP contribution in [0.25, 0.3) is 0 Å². The third-order valence-electron chi connectivity index (χ3n) is 6.99. The molecule has 2 aliphatic carbocycles. The number of carbonyl (C=O) groups is 1. The predicted molar refractivity (Wildman–Crippen MR) is 130 cm³/mol. The zero-order chi connectivity index (χ0) is 22.1.